The molecule has 0 saturated carbocycles. The molecule has 0 bridgehead atoms. The highest BCUT2D eigenvalue weighted by Crippen LogP contribution is 2.38. The number of nitrogens with zero attached hydrogens (tertiary/aromatic N) is 2. The van der Waals surface area contributed by atoms with Crippen LogP contribution in [0.4, 0.5) is 5.69 Å². The summed E-state index contributed by atoms with van der Waals surface area (Å²) in [6.07, 6.45) is 3.27. The van der Waals surface area contributed by atoms with Gasteiger partial charge in [0.25, 0.3) is 5.91 Å². The Morgan fingerprint density at radius 2 is 1.94 bits per heavy atom. The molecule has 1 aliphatic heterocycles. The molecule has 1 saturated heterocycles. The molecule has 178 valence electrons. The van der Waals surface area contributed by atoms with E-state index in [1.165, 1.54) is 16.9 Å². The van der Waals surface area contributed by atoms with Gasteiger partial charge in [0.1, 0.15) is 18.8 Å². The van der Waals surface area contributed by atoms with E-state index < -0.39 is 11.9 Å². The summed E-state index contributed by atoms with van der Waals surface area (Å²) < 4.78 is 16.9. The summed E-state index contributed by atoms with van der Waals surface area (Å²) >= 11 is 15.1. The van der Waals surface area contributed by atoms with Crippen LogP contribution in [-0.4, -0.2) is 48.8 Å². The zero-order chi connectivity index (χ0) is 24.8. The second kappa shape index (κ2) is 11.5. The van der Waals surface area contributed by atoms with Crippen LogP contribution in [-0.2, 0) is 14.3 Å². The van der Waals surface area contributed by atoms with Crippen LogP contribution >= 0.6 is 39.7 Å². The fourth-order valence-corrected chi connectivity index (χ4v) is 4.27. The van der Waals surface area contributed by atoms with E-state index in [0.717, 1.165) is 0 Å². The molecule has 0 aliphatic carbocycles. The van der Waals surface area contributed by atoms with Crippen molar-refractivity contribution in [1.29, 1.82) is 0 Å². The van der Waals surface area contributed by atoms with E-state index in [1.54, 1.807) is 48.6 Å². The molecule has 1 amide bonds. The lowest BCUT2D eigenvalue weighted by molar-refractivity contribution is -0.140. The molecule has 34 heavy (non-hydrogen) atoms. The lowest BCUT2D eigenvalue weighted by Gasteiger charge is -2.19. The van der Waals surface area contributed by atoms with Crippen LogP contribution in [0.15, 0.2) is 59.2 Å². The molecule has 7 nitrogen and oxygen atoms in total. The number of thiocarbonyl (C=S) groups is 1. The fourth-order valence-electron chi connectivity index (χ4n) is 3.22. The fraction of sp³-hybridized carbons (Fsp3) is 0.208. The molecule has 10 heteroatoms. The number of methoxy groups -OCH3 is 1. The van der Waals surface area contributed by atoms with Gasteiger partial charge in [-0.3, -0.25) is 14.5 Å². The molecule has 0 unspecified atom stereocenters. The maximum Gasteiger partial charge on any atom is 0.325 e. The van der Waals surface area contributed by atoms with Gasteiger partial charge in [-0.1, -0.05) is 24.3 Å². The molecule has 1 heterocycles. The molecule has 0 aromatic heterocycles. The third-order valence-electron chi connectivity index (χ3n) is 4.72. The van der Waals surface area contributed by atoms with Crippen molar-refractivity contribution in [3.63, 3.8) is 0 Å². The van der Waals surface area contributed by atoms with Crippen LogP contribution in [0.1, 0.15) is 12.5 Å². The second-order valence-corrected chi connectivity index (χ2v) is 8.61. The Morgan fingerprint density at radius 3 is 2.56 bits per heavy atom. The van der Waals surface area contributed by atoms with Crippen LogP contribution in [0, 0.1) is 0 Å². The molecule has 0 spiro atoms. The minimum absolute atomic E-state index is 0.152. The number of amides is 1. The van der Waals surface area contributed by atoms with Gasteiger partial charge in [0.15, 0.2) is 16.6 Å². The van der Waals surface area contributed by atoms with Gasteiger partial charge in [0.05, 0.1) is 23.9 Å². The van der Waals surface area contributed by atoms with Crippen molar-refractivity contribution >= 4 is 68.5 Å². The van der Waals surface area contributed by atoms with E-state index in [4.69, 9.17) is 38.0 Å². The van der Waals surface area contributed by atoms with Gasteiger partial charge in [-0.05, 0) is 83.1 Å². The molecule has 0 N–H and O–H groups in total. The number of esters is 1. The molecule has 2 aromatic carbocycles. The number of carbonyl (C=O) groups excluding carboxylic acids is 2. The van der Waals surface area contributed by atoms with E-state index in [0.29, 0.717) is 45.5 Å². The topological polar surface area (TPSA) is 68.3 Å². The maximum atomic E-state index is 13.5. The normalized spacial score (nSPS) is 14.5. The van der Waals surface area contributed by atoms with Gasteiger partial charge in [-0.15, -0.1) is 0 Å². The first kappa shape index (κ1) is 25.7. The number of benzene rings is 2. The third kappa shape index (κ3) is 5.60. The molecular formula is C24H22BrClN2O5S. The molecule has 1 aliphatic rings. The first-order chi connectivity index (χ1) is 16.3. The zero-order valence-electron chi connectivity index (χ0n) is 18.5. The van der Waals surface area contributed by atoms with Crippen LogP contribution in [0.2, 0.25) is 5.02 Å². The number of hydrogen-bond donors (Lipinski definition) is 0. The van der Waals surface area contributed by atoms with Crippen molar-refractivity contribution < 1.29 is 23.8 Å². The Bertz CT molecular complexity index is 1150. The van der Waals surface area contributed by atoms with E-state index in [-0.39, 0.29) is 17.4 Å². The highest BCUT2D eigenvalue weighted by molar-refractivity contribution is 9.10. The van der Waals surface area contributed by atoms with Crippen molar-refractivity contribution in [3.05, 3.63) is 69.8 Å². The van der Waals surface area contributed by atoms with Gasteiger partial charge in [-0.25, -0.2) is 0 Å². The smallest absolute Gasteiger partial charge is 0.325 e. The molecular weight excluding hydrogens is 544 g/mol. The summed E-state index contributed by atoms with van der Waals surface area (Å²) in [5.74, 6) is 0.0831. The van der Waals surface area contributed by atoms with Crippen molar-refractivity contribution in [3.8, 4) is 11.5 Å². The van der Waals surface area contributed by atoms with E-state index in [2.05, 4.69) is 22.5 Å². The Morgan fingerprint density at radius 1 is 1.24 bits per heavy atom. The Kier molecular flexibility index (Phi) is 8.71. The zero-order valence-corrected chi connectivity index (χ0v) is 21.7. The molecule has 2 aromatic rings. The van der Waals surface area contributed by atoms with Crippen molar-refractivity contribution in [2.24, 2.45) is 0 Å². The third-order valence-corrected chi connectivity index (χ3v) is 5.96. The quantitative estimate of drug-likeness (QED) is 0.179. The minimum atomic E-state index is -0.539. The summed E-state index contributed by atoms with van der Waals surface area (Å²) in [6.45, 7) is 6.01. The lowest BCUT2D eigenvalue weighted by atomic mass is 10.1. The number of carbonyl (C=O) groups is 2. The Balaban J connectivity index is 2.08. The van der Waals surface area contributed by atoms with Crippen LogP contribution in [0.5, 0.6) is 11.5 Å². The summed E-state index contributed by atoms with van der Waals surface area (Å²) in [7, 11) is 1.27. The molecule has 0 atom stereocenters. The number of rotatable bonds is 9. The van der Waals surface area contributed by atoms with E-state index in [9.17, 15) is 9.59 Å². The van der Waals surface area contributed by atoms with Crippen molar-refractivity contribution in [2.45, 2.75) is 6.92 Å². The largest absolute Gasteiger partial charge is 0.490 e. The molecule has 3 rings (SSSR count). The minimum Gasteiger partial charge on any atom is -0.490 e. The van der Waals surface area contributed by atoms with E-state index in [1.807, 2.05) is 6.92 Å². The van der Waals surface area contributed by atoms with Crippen LogP contribution in [0.3, 0.4) is 0 Å². The van der Waals surface area contributed by atoms with E-state index >= 15 is 0 Å². The summed E-state index contributed by atoms with van der Waals surface area (Å²) in [4.78, 5) is 28.3. The maximum absolute atomic E-state index is 13.5. The Labute approximate surface area is 216 Å². The summed E-state index contributed by atoms with van der Waals surface area (Å²) in [6, 6.07) is 10.2. The van der Waals surface area contributed by atoms with Gasteiger partial charge >= 0.3 is 5.97 Å². The number of anilines is 1. The highest BCUT2D eigenvalue weighted by atomic mass is 79.9. The van der Waals surface area contributed by atoms with Gasteiger partial charge < -0.3 is 19.1 Å². The standard InChI is InChI=1S/C24H22BrClN2O5S/c1-4-10-33-22-18(25)11-15(13-20(22)32-5-2)12-19-23(30)28(17-8-6-16(26)7-9-17)24(34)27(19)14-21(29)31-3/h4,6-9,11-13H,1,5,10,14H2,2-3H3/b19-12-. The number of halogens is 2. The lowest BCUT2D eigenvalue weighted by Crippen LogP contribution is -2.35. The average molecular weight is 566 g/mol. The Hall–Kier alpha value is -2.88. The first-order valence-corrected chi connectivity index (χ1v) is 11.8. The first-order valence-electron chi connectivity index (χ1n) is 10.2. The summed E-state index contributed by atoms with van der Waals surface area (Å²) in [5, 5.41) is 0.676. The van der Waals surface area contributed by atoms with Crippen molar-refractivity contribution in [1.82, 2.24) is 4.90 Å². The second-order valence-electron chi connectivity index (χ2n) is 6.95. The molecule has 1 fully saturated rings. The van der Waals surface area contributed by atoms with Gasteiger partial charge in [0, 0.05) is 5.02 Å². The van der Waals surface area contributed by atoms with Gasteiger partial charge in [-0.2, -0.15) is 0 Å². The predicted octanol–water partition coefficient (Wildman–Crippen LogP) is 5.21. The SMILES string of the molecule is C=CCOc1c(Br)cc(/C=C2/C(=O)N(c3ccc(Cl)cc3)C(=S)N2CC(=O)OC)cc1OCC. The number of hydrogen-bond acceptors (Lipinski definition) is 6. The summed E-state index contributed by atoms with van der Waals surface area (Å²) in [5.41, 5.74) is 1.38. The molecule has 0 radical (unpaired) electrons. The van der Waals surface area contributed by atoms with Gasteiger partial charge in [0.2, 0.25) is 0 Å². The average Bonchev–Trinajstić information content (AvgIpc) is 3.03. The highest BCUT2D eigenvalue weighted by Gasteiger charge is 2.40. The number of ether oxygens (including phenoxy) is 3. The van der Waals surface area contributed by atoms with Crippen LogP contribution < -0.4 is 14.4 Å². The predicted molar refractivity (Wildman–Crippen MR) is 139 cm³/mol. The van der Waals surface area contributed by atoms with Crippen LogP contribution in [0.25, 0.3) is 6.08 Å². The monoisotopic (exact) mass is 564 g/mol. The van der Waals surface area contributed by atoms with Crippen molar-refractivity contribution in [2.75, 3.05) is 31.8 Å².